The maximum atomic E-state index is 13.0. The van der Waals surface area contributed by atoms with Gasteiger partial charge in [0.15, 0.2) is 6.61 Å². The van der Waals surface area contributed by atoms with Crippen molar-refractivity contribution in [1.29, 1.82) is 0 Å². The standard InChI is InChI=1S/C27H27NO12S3/c1-14(2)27(30)15-7-9-28(10-8-15)24(29)13-40-20-11-21(41(31,32)33)17-5-6-19-23(43(37,38)39)12-22(42(34,35)36)18-4-3-16(20)25(17)26(18)19/h3-6,11-12,14-15H,7-10,13H2,1-2H3,(H,31,32,33)(H,34,35,36)(H,37,38,39). The zero-order chi connectivity index (χ0) is 31.6. The molecule has 13 nitrogen and oxygen atoms in total. The average molecular weight is 654 g/mol. The summed E-state index contributed by atoms with van der Waals surface area (Å²) in [4.78, 5) is 24.4. The molecule has 0 bridgehead atoms. The fraction of sp³-hybridized carbons (Fsp3) is 0.333. The number of ether oxygens (including phenoxy) is 1. The first-order valence-corrected chi connectivity index (χ1v) is 17.4. The molecular formula is C27H27NO12S3. The van der Waals surface area contributed by atoms with E-state index in [0.29, 0.717) is 32.0 Å². The molecule has 5 rings (SSSR count). The zero-order valence-corrected chi connectivity index (χ0v) is 25.3. The lowest BCUT2D eigenvalue weighted by molar-refractivity contribution is -0.137. The van der Waals surface area contributed by atoms with Gasteiger partial charge in [0.2, 0.25) is 0 Å². The summed E-state index contributed by atoms with van der Waals surface area (Å²) in [5.74, 6) is -0.788. The summed E-state index contributed by atoms with van der Waals surface area (Å²) in [6, 6.07) is 6.46. The van der Waals surface area contributed by atoms with Crippen molar-refractivity contribution in [2.24, 2.45) is 11.8 Å². The number of benzene rings is 4. The molecule has 1 fully saturated rings. The molecule has 230 valence electrons. The van der Waals surface area contributed by atoms with Crippen LogP contribution >= 0.6 is 0 Å². The maximum Gasteiger partial charge on any atom is 0.295 e. The topological polar surface area (TPSA) is 210 Å². The van der Waals surface area contributed by atoms with Crippen molar-refractivity contribution in [2.75, 3.05) is 19.7 Å². The van der Waals surface area contributed by atoms with Gasteiger partial charge in [0.05, 0.1) is 0 Å². The Hall–Kier alpha value is -3.41. The quantitative estimate of drug-likeness (QED) is 0.185. The van der Waals surface area contributed by atoms with E-state index in [4.69, 9.17) is 4.74 Å². The molecule has 3 N–H and O–H groups in total. The number of amides is 1. The molecule has 0 saturated carbocycles. The third-order valence-corrected chi connectivity index (χ3v) is 10.4. The van der Waals surface area contributed by atoms with Crippen LogP contribution in [0.2, 0.25) is 0 Å². The number of carbonyl (C=O) groups is 2. The fourth-order valence-corrected chi connectivity index (χ4v) is 7.95. The van der Waals surface area contributed by atoms with Crippen molar-refractivity contribution >= 4 is 74.4 Å². The van der Waals surface area contributed by atoms with Crippen molar-refractivity contribution in [1.82, 2.24) is 4.90 Å². The molecule has 0 aliphatic carbocycles. The minimum atomic E-state index is -5.05. The molecule has 0 spiro atoms. The Morgan fingerprint density at radius 1 is 0.767 bits per heavy atom. The SMILES string of the molecule is CC(C)C(=O)C1CCN(C(=O)COc2cc(S(=O)(=O)O)c3ccc4c(S(=O)(=O)O)cc(S(=O)(=O)O)c5ccc2c3c54)CC1. The second kappa shape index (κ2) is 10.6. The van der Waals surface area contributed by atoms with Crippen LogP contribution < -0.4 is 4.74 Å². The lowest BCUT2D eigenvalue weighted by Gasteiger charge is -2.32. The van der Waals surface area contributed by atoms with Crippen molar-refractivity contribution in [3.05, 3.63) is 36.4 Å². The highest BCUT2D eigenvalue weighted by atomic mass is 32.2. The van der Waals surface area contributed by atoms with Gasteiger partial charge in [-0.25, -0.2) is 0 Å². The first kappa shape index (κ1) is 31.0. The molecule has 16 heteroatoms. The van der Waals surface area contributed by atoms with Gasteiger partial charge in [-0.1, -0.05) is 32.0 Å². The van der Waals surface area contributed by atoms with E-state index in [0.717, 1.165) is 12.1 Å². The number of piperidine rings is 1. The molecule has 1 heterocycles. The molecule has 0 radical (unpaired) electrons. The summed E-state index contributed by atoms with van der Waals surface area (Å²) in [5.41, 5.74) is 0. The second-order valence-electron chi connectivity index (χ2n) is 10.7. The largest absolute Gasteiger partial charge is 0.483 e. The third kappa shape index (κ3) is 5.65. The Bertz CT molecular complexity index is 2080. The Morgan fingerprint density at radius 3 is 1.63 bits per heavy atom. The van der Waals surface area contributed by atoms with E-state index in [-0.39, 0.29) is 55.7 Å². The normalized spacial score (nSPS) is 15.6. The molecule has 4 aromatic rings. The summed E-state index contributed by atoms with van der Waals surface area (Å²) in [5, 5.41) is -0.622. The Labute approximate surface area is 247 Å². The molecule has 4 aromatic carbocycles. The van der Waals surface area contributed by atoms with Gasteiger partial charge in [0.25, 0.3) is 36.3 Å². The number of ketones is 1. The number of rotatable bonds is 8. The highest BCUT2D eigenvalue weighted by Gasteiger charge is 2.30. The van der Waals surface area contributed by atoms with Crippen LogP contribution in [-0.4, -0.2) is 75.2 Å². The van der Waals surface area contributed by atoms with E-state index in [2.05, 4.69) is 0 Å². The van der Waals surface area contributed by atoms with Crippen LogP contribution in [0.25, 0.3) is 32.3 Å². The smallest absolute Gasteiger partial charge is 0.295 e. The van der Waals surface area contributed by atoms with Gasteiger partial charge in [-0.15, -0.1) is 0 Å². The first-order chi connectivity index (χ1) is 19.9. The van der Waals surface area contributed by atoms with E-state index in [1.807, 2.05) is 13.8 Å². The molecule has 0 aromatic heterocycles. The zero-order valence-electron chi connectivity index (χ0n) is 22.8. The predicted molar refractivity (Wildman–Crippen MR) is 154 cm³/mol. The van der Waals surface area contributed by atoms with Crippen LogP contribution in [0.3, 0.4) is 0 Å². The second-order valence-corrected chi connectivity index (χ2v) is 14.9. The van der Waals surface area contributed by atoms with Crippen LogP contribution in [0.1, 0.15) is 26.7 Å². The minimum absolute atomic E-state index is 0.0593. The van der Waals surface area contributed by atoms with Gasteiger partial charge in [-0.2, -0.15) is 25.3 Å². The van der Waals surface area contributed by atoms with E-state index in [1.165, 1.54) is 23.1 Å². The number of likely N-dealkylation sites (tertiary alicyclic amines) is 1. The van der Waals surface area contributed by atoms with Gasteiger partial charge >= 0.3 is 0 Å². The Kier molecular flexibility index (Phi) is 7.68. The van der Waals surface area contributed by atoms with Crippen LogP contribution in [-0.2, 0) is 39.9 Å². The van der Waals surface area contributed by atoms with Gasteiger partial charge < -0.3 is 9.64 Å². The van der Waals surface area contributed by atoms with E-state index < -0.39 is 57.6 Å². The number of Topliss-reactive ketones (excluding diaryl/α,β-unsaturated/α-hetero) is 1. The van der Waals surface area contributed by atoms with E-state index >= 15 is 0 Å². The molecular weight excluding hydrogens is 626 g/mol. The Balaban J connectivity index is 1.64. The minimum Gasteiger partial charge on any atom is -0.483 e. The highest BCUT2D eigenvalue weighted by molar-refractivity contribution is 7.87. The molecule has 1 aliphatic heterocycles. The van der Waals surface area contributed by atoms with Crippen molar-refractivity contribution in [3.8, 4) is 5.75 Å². The predicted octanol–water partition coefficient (Wildman–Crippen LogP) is 3.17. The number of hydrogen-bond acceptors (Lipinski definition) is 9. The van der Waals surface area contributed by atoms with Gasteiger partial charge in [-0.3, -0.25) is 23.2 Å². The molecule has 1 saturated heterocycles. The first-order valence-electron chi connectivity index (χ1n) is 13.0. The van der Waals surface area contributed by atoms with Crippen molar-refractivity contribution in [3.63, 3.8) is 0 Å². The summed E-state index contributed by atoms with van der Waals surface area (Å²) in [7, 11) is -15.1. The summed E-state index contributed by atoms with van der Waals surface area (Å²) in [6.45, 7) is 3.72. The van der Waals surface area contributed by atoms with Gasteiger partial charge in [-0.05, 0) is 25.0 Å². The average Bonchev–Trinajstić information content (AvgIpc) is 2.92. The monoisotopic (exact) mass is 653 g/mol. The molecule has 43 heavy (non-hydrogen) atoms. The summed E-state index contributed by atoms with van der Waals surface area (Å²) < 4.78 is 109. The molecule has 0 atom stereocenters. The van der Waals surface area contributed by atoms with Crippen LogP contribution in [0.4, 0.5) is 0 Å². The molecule has 0 unspecified atom stereocenters. The summed E-state index contributed by atoms with van der Waals surface area (Å²) in [6.07, 6.45) is 0.973. The number of hydrogen-bond donors (Lipinski definition) is 3. The van der Waals surface area contributed by atoms with Gasteiger partial charge in [0, 0.05) is 63.3 Å². The van der Waals surface area contributed by atoms with Crippen LogP contribution in [0.5, 0.6) is 5.75 Å². The third-order valence-electron chi connectivity index (χ3n) is 7.75. The molecule has 1 aliphatic rings. The maximum absolute atomic E-state index is 13.0. The number of nitrogens with zero attached hydrogens (tertiary/aromatic N) is 1. The lowest BCUT2D eigenvalue weighted by Crippen LogP contribution is -2.43. The summed E-state index contributed by atoms with van der Waals surface area (Å²) >= 11 is 0. The fourth-order valence-electron chi connectivity index (χ4n) is 5.74. The lowest BCUT2D eigenvalue weighted by atomic mass is 9.87. The van der Waals surface area contributed by atoms with Crippen molar-refractivity contribution < 1.29 is 53.2 Å². The van der Waals surface area contributed by atoms with Crippen molar-refractivity contribution in [2.45, 2.75) is 41.4 Å². The van der Waals surface area contributed by atoms with Gasteiger partial charge in [0.1, 0.15) is 26.2 Å². The van der Waals surface area contributed by atoms with Crippen LogP contribution in [0.15, 0.2) is 51.1 Å². The highest BCUT2D eigenvalue weighted by Crippen LogP contribution is 2.45. The van der Waals surface area contributed by atoms with E-state index in [9.17, 15) is 48.5 Å². The Morgan fingerprint density at radius 2 is 1.19 bits per heavy atom. The van der Waals surface area contributed by atoms with E-state index in [1.54, 1.807) is 0 Å². The van der Waals surface area contributed by atoms with Crippen LogP contribution in [0, 0.1) is 11.8 Å². The number of carbonyl (C=O) groups excluding carboxylic acids is 2. The molecule has 1 amide bonds.